The lowest BCUT2D eigenvalue weighted by atomic mass is 9.89. The second-order valence-corrected chi connectivity index (χ2v) is 10.3. The first kappa shape index (κ1) is 22.5. The third kappa shape index (κ3) is 3.82. The Bertz CT molecular complexity index is 1250. The minimum atomic E-state index is -3.78. The second-order valence-electron chi connectivity index (χ2n) is 8.34. The van der Waals surface area contributed by atoms with Gasteiger partial charge in [0.1, 0.15) is 5.82 Å². The van der Waals surface area contributed by atoms with Crippen LogP contribution in [0.15, 0.2) is 53.4 Å². The highest BCUT2D eigenvalue weighted by atomic mass is 32.2. The number of halogens is 1. The minimum absolute atomic E-state index is 0.0548. The van der Waals surface area contributed by atoms with Crippen molar-refractivity contribution in [3.05, 3.63) is 65.6 Å². The number of para-hydroxylation sites is 1. The van der Waals surface area contributed by atoms with Gasteiger partial charge in [-0.15, -0.1) is 0 Å². The van der Waals surface area contributed by atoms with Crippen molar-refractivity contribution >= 4 is 26.9 Å². The van der Waals surface area contributed by atoms with Crippen molar-refractivity contribution in [2.45, 2.75) is 56.0 Å². The van der Waals surface area contributed by atoms with E-state index in [1.165, 1.54) is 16.4 Å². The van der Waals surface area contributed by atoms with Crippen LogP contribution in [0.1, 0.15) is 43.4 Å². The molecule has 6 nitrogen and oxygen atoms in total. The van der Waals surface area contributed by atoms with Crippen LogP contribution in [0.25, 0.3) is 10.9 Å². The zero-order chi connectivity index (χ0) is 23.0. The minimum Gasteiger partial charge on any atom is -0.481 e. The van der Waals surface area contributed by atoms with E-state index in [1.807, 2.05) is 31.2 Å². The highest BCUT2D eigenvalue weighted by Gasteiger charge is 2.35. The molecule has 2 aromatic carbocycles. The van der Waals surface area contributed by atoms with Gasteiger partial charge in [-0.05, 0) is 55.2 Å². The third-order valence-corrected chi connectivity index (χ3v) is 8.38. The molecule has 1 aromatic heterocycles. The average molecular weight is 459 g/mol. The van der Waals surface area contributed by atoms with Crippen LogP contribution in [-0.4, -0.2) is 41.5 Å². The SMILES string of the molecule is CCCC(C(=O)O)c1c2n(c3ccccc13)C[C@H](N(C)S(=O)(=O)c1ccc(F)cc1)CC2. The quantitative estimate of drug-likeness (QED) is 0.570. The number of aromatic nitrogens is 1. The fourth-order valence-corrected chi connectivity index (χ4v) is 6.18. The Balaban J connectivity index is 1.73. The molecule has 0 aliphatic carbocycles. The number of sulfonamides is 1. The lowest BCUT2D eigenvalue weighted by molar-refractivity contribution is -0.139. The van der Waals surface area contributed by atoms with Crippen molar-refractivity contribution in [3.8, 4) is 0 Å². The number of rotatable bonds is 7. The largest absolute Gasteiger partial charge is 0.481 e. The normalized spacial score (nSPS) is 17.4. The Morgan fingerprint density at radius 2 is 1.91 bits per heavy atom. The molecule has 0 saturated heterocycles. The molecule has 1 aliphatic rings. The summed E-state index contributed by atoms with van der Waals surface area (Å²) in [5.74, 6) is -1.90. The molecule has 4 rings (SSSR count). The number of likely N-dealkylation sites (N-methyl/N-ethyl adjacent to an activating group) is 1. The maximum absolute atomic E-state index is 13.3. The summed E-state index contributed by atoms with van der Waals surface area (Å²) in [6.07, 6.45) is 2.49. The van der Waals surface area contributed by atoms with E-state index in [9.17, 15) is 22.7 Å². The van der Waals surface area contributed by atoms with Gasteiger partial charge in [0.2, 0.25) is 10.0 Å². The number of aliphatic carboxylic acids is 1. The summed E-state index contributed by atoms with van der Waals surface area (Å²) < 4.78 is 43.0. The Labute approximate surface area is 187 Å². The van der Waals surface area contributed by atoms with E-state index in [4.69, 9.17) is 0 Å². The molecule has 170 valence electrons. The van der Waals surface area contributed by atoms with Crippen LogP contribution < -0.4 is 0 Å². The predicted octanol–water partition coefficient (Wildman–Crippen LogP) is 4.38. The molecule has 32 heavy (non-hydrogen) atoms. The maximum atomic E-state index is 13.3. The molecule has 1 unspecified atom stereocenters. The number of carbonyl (C=O) groups is 1. The van der Waals surface area contributed by atoms with Gasteiger partial charge in [-0.2, -0.15) is 4.31 Å². The first-order valence-corrected chi connectivity index (χ1v) is 12.3. The molecular formula is C24H27FN2O4S. The molecule has 2 heterocycles. The van der Waals surface area contributed by atoms with Gasteiger partial charge < -0.3 is 9.67 Å². The van der Waals surface area contributed by atoms with Crippen LogP contribution in [-0.2, 0) is 27.8 Å². The Morgan fingerprint density at radius 3 is 2.56 bits per heavy atom. The summed E-state index contributed by atoms with van der Waals surface area (Å²) >= 11 is 0. The van der Waals surface area contributed by atoms with Gasteiger partial charge in [-0.25, -0.2) is 12.8 Å². The van der Waals surface area contributed by atoms with Crippen molar-refractivity contribution in [1.29, 1.82) is 0 Å². The summed E-state index contributed by atoms with van der Waals surface area (Å²) in [4.78, 5) is 12.1. The third-order valence-electron chi connectivity index (χ3n) is 6.46. The predicted molar refractivity (Wildman–Crippen MR) is 121 cm³/mol. The van der Waals surface area contributed by atoms with Crippen molar-refractivity contribution < 1.29 is 22.7 Å². The zero-order valence-electron chi connectivity index (χ0n) is 18.2. The van der Waals surface area contributed by atoms with E-state index < -0.39 is 27.7 Å². The highest BCUT2D eigenvalue weighted by Crippen LogP contribution is 2.38. The zero-order valence-corrected chi connectivity index (χ0v) is 19.0. The topological polar surface area (TPSA) is 79.6 Å². The number of hydrogen-bond acceptors (Lipinski definition) is 3. The van der Waals surface area contributed by atoms with Gasteiger partial charge in [-0.1, -0.05) is 31.5 Å². The van der Waals surface area contributed by atoms with Crippen molar-refractivity contribution in [2.24, 2.45) is 0 Å². The van der Waals surface area contributed by atoms with Gasteiger partial charge in [0, 0.05) is 36.2 Å². The summed E-state index contributed by atoms with van der Waals surface area (Å²) in [6, 6.07) is 12.3. The van der Waals surface area contributed by atoms with E-state index in [-0.39, 0.29) is 10.9 Å². The molecule has 2 atom stereocenters. The molecule has 0 amide bonds. The first-order valence-electron chi connectivity index (χ1n) is 10.8. The van der Waals surface area contributed by atoms with Crippen LogP contribution >= 0.6 is 0 Å². The van der Waals surface area contributed by atoms with Crippen molar-refractivity contribution in [3.63, 3.8) is 0 Å². The van der Waals surface area contributed by atoms with Gasteiger partial charge in [0.25, 0.3) is 0 Å². The smallest absolute Gasteiger partial charge is 0.311 e. The molecule has 0 spiro atoms. The monoisotopic (exact) mass is 458 g/mol. The molecule has 8 heteroatoms. The highest BCUT2D eigenvalue weighted by molar-refractivity contribution is 7.89. The molecule has 0 saturated carbocycles. The summed E-state index contributed by atoms with van der Waals surface area (Å²) in [7, 11) is -2.23. The Morgan fingerprint density at radius 1 is 1.22 bits per heavy atom. The van der Waals surface area contributed by atoms with E-state index in [0.717, 1.165) is 40.7 Å². The van der Waals surface area contributed by atoms with E-state index in [2.05, 4.69) is 4.57 Å². The molecule has 1 N–H and O–H groups in total. The van der Waals surface area contributed by atoms with Crippen molar-refractivity contribution in [1.82, 2.24) is 8.87 Å². The average Bonchev–Trinajstić information content (AvgIpc) is 3.10. The van der Waals surface area contributed by atoms with Crippen LogP contribution in [0, 0.1) is 5.82 Å². The standard InChI is InChI=1S/C24H27FN2O4S/c1-3-6-20(24(28)29)23-19-7-4-5-8-21(19)27-15-17(11-14-22(23)27)26(2)32(30,31)18-12-9-16(25)10-13-18/h4-5,7-10,12-13,17,20H,3,6,11,14-15H2,1-2H3,(H,28,29)/t17-,20?/m1/s1. The van der Waals surface area contributed by atoms with E-state index >= 15 is 0 Å². The van der Waals surface area contributed by atoms with E-state index in [0.29, 0.717) is 25.8 Å². The molecule has 0 bridgehead atoms. The van der Waals surface area contributed by atoms with Gasteiger partial charge in [0.05, 0.1) is 10.8 Å². The van der Waals surface area contributed by atoms with Gasteiger partial charge >= 0.3 is 5.97 Å². The molecule has 3 aromatic rings. The van der Waals surface area contributed by atoms with E-state index in [1.54, 1.807) is 7.05 Å². The fraction of sp³-hybridized carbons (Fsp3) is 0.375. The molecule has 0 fully saturated rings. The van der Waals surface area contributed by atoms with Crippen LogP contribution in [0.3, 0.4) is 0 Å². The summed E-state index contributed by atoms with van der Waals surface area (Å²) in [5, 5.41) is 10.8. The van der Waals surface area contributed by atoms with Crippen LogP contribution in [0.4, 0.5) is 4.39 Å². The molecular weight excluding hydrogens is 431 g/mol. The lowest BCUT2D eigenvalue weighted by Crippen LogP contribution is -2.42. The first-order chi connectivity index (χ1) is 15.3. The summed E-state index contributed by atoms with van der Waals surface area (Å²) in [5.41, 5.74) is 2.77. The molecule has 1 aliphatic heterocycles. The number of fused-ring (bicyclic) bond motifs is 3. The van der Waals surface area contributed by atoms with Crippen LogP contribution in [0.2, 0.25) is 0 Å². The number of hydrogen-bond donors (Lipinski definition) is 1. The fourth-order valence-electron chi connectivity index (χ4n) is 4.80. The number of nitrogens with zero attached hydrogens (tertiary/aromatic N) is 2. The maximum Gasteiger partial charge on any atom is 0.311 e. The lowest BCUT2D eigenvalue weighted by Gasteiger charge is -2.33. The van der Waals surface area contributed by atoms with Crippen molar-refractivity contribution in [2.75, 3.05) is 7.05 Å². The number of carboxylic acids is 1. The number of benzene rings is 2. The second kappa shape index (κ2) is 8.67. The van der Waals surface area contributed by atoms with Crippen LogP contribution in [0.5, 0.6) is 0 Å². The Kier molecular flexibility index (Phi) is 6.09. The summed E-state index contributed by atoms with van der Waals surface area (Å²) in [6.45, 7) is 2.41. The van der Waals surface area contributed by atoms with Gasteiger partial charge in [0.15, 0.2) is 0 Å². The Hall–Kier alpha value is -2.71. The number of carboxylic acid groups (broad SMARTS) is 1. The van der Waals surface area contributed by atoms with Gasteiger partial charge in [-0.3, -0.25) is 4.79 Å². The molecule has 0 radical (unpaired) electrons.